The summed E-state index contributed by atoms with van der Waals surface area (Å²) in [5.74, 6) is 0. The zero-order chi connectivity index (χ0) is 0. The van der Waals surface area contributed by atoms with Gasteiger partial charge in [0.2, 0.25) is 0 Å². The van der Waals surface area contributed by atoms with E-state index in [-0.39, 0.29) is 118 Å². The molecule has 0 amide bonds. The maximum Gasteiger partial charge on any atom is 2.00 e. The Bertz CT molecular complexity index is 14.0. The van der Waals surface area contributed by atoms with Crippen molar-refractivity contribution in [3.8, 4) is 0 Å². The Balaban J connectivity index is 0. The fourth-order valence-corrected chi connectivity index (χ4v) is 0. The van der Waals surface area contributed by atoms with Crippen molar-refractivity contribution in [2.24, 2.45) is 0 Å². The van der Waals surface area contributed by atoms with Gasteiger partial charge in [0.15, 0.2) is 0 Å². The molecule has 0 saturated heterocycles. The number of halogens is 4. The molecule has 0 radical (unpaired) electrons. The third-order valence-corrected chi connectivity index (χ3v) is 0. The average Bonchev–Trinajstić information content (AvgIpc) is 0. The van der Waals surface area contributed by atoms with Gasteiger partial charge in [0.25, 0.3) is 0 Å². The normalized spacial score (nSPS) is 0. The molecule has 48 valence electrons. The Hall–Kier alpha value is 2.96. The largest absolute Gasteiger partial charge is 2.00 e. The Kier molecular flexibility index (Phi) is 1410. The zero-order valence-corrected chi connectivity index (χ0v) is 12.1. The molecule has 0 aliphatic carbocycles. The average molecular weight is 283 g/mol. The molecule has 8 heteroatoms. The van der Waals surface area contributed by atoms with Crippen LogP contribution in [0.5, 0.6) is 0 Å². The van der Waals surface area contributed by atoms with Gasteiger partial charge in [-0.05, 0) is 0 Å². The quantitative estimate of drug-likeness (QED) is 0.396. The topological polar surface area (TPSA) is 63.0 Å². The molecule has 2 nitrogen and oxygen atoms in total. The van der Waals surface area contributed by atoms with Crippen LogP contribution in [0.25, 0.3) is 0 Å². The molecular formula is H4CaCl4O2Zn. The van der Waals surface area contributed by atoms with Crippen LogP contribution in [0, 0.1) is 0 Å². The molecule has 0 atom stereocenters. The van der Waals surface area contributed by atoms with Crippen LogP contribution in [0.1, 0.15) is 0 Å². The Morgan fingerprint density at radius 2 is 0.500 bits per heavy atom. The molecule has 8 heavy (non-hydrogen) atoms. The molecule has 0 aliphatic heterocycles. The fourth-order valence-electron chi connectivity index (χ4n) is 0. The van der Waals surface area contributed by atoms with Gasteiger partial charge in [-0.3, -0.25) is 0 Å². The van der Waals surface area contributed by atoms with E-state index in [9.17, 15) is 0 Å². The SMILES string of the molecule is O.O.[Ca+2].[Cl-].[Cl-].[Cl-].[Cl-].[Zn+2]. The third-order valence-electron chi connectivity index (χ3n) is 0. The van der Waals surface area contributed by atoms with Crippen molar-refractivity contribution in [1.29, 1.82) is 0 Å². The van der Waals surface area contributed by atoms with Crippen LogP contribution < -0.4 is 49.6 Å². The summed E-state index contributed by atoms with van der Waals surface area (Å²) in [7, 11) is 0. The summed E-state index contributed by atoms with van der Waals surface area (Å²) in [5.41, 5.74) is 0. The van der Waals surface area contributed by atoms with E-state index in [1.54, 1.807) is 0 Å². The molecule has 0 saturated carbocycles. The monoisotopic (exact) mass is 280 g/mol. The molecule has 0 aliphatic rings. The van der Waals surface area contributed by atoms with Gasteiger partial charge < -0.3 is 60.6 Å². The van der Waals surface area contributed by atoms with Gasteiger partial charge in [0, 0.05) is 0 Å². The molecule has 0 bridgehead atoms. The fraction of sp³-hybridized carbons (Fsp3) is 0. The summed E-state index contributed by atoms with van der Waals surface area (Å²) < 4.78 is 0. The van der Waals surface area contributed by atoms with Crippen LogP contribution >= 0.6 is 0 Å². The molecule has 0 aromatic heterocycles. The van der Waals surface area contributed by atoms with Crippen molar-refractivity contribution in [3.05, 3.63) is 0 Å². The van der Waals surface area contributed by atoms with Gasteiger partial charge in [-0.25, -0.2) is 0 Å². The van der Waals surface area contributed by atoms with Crippen molar-refractivity contribution in [2.75, 3.05) is 0 Å². The van der Waals surface area contributed by atoms with Crippen LogP contribution in [0.3, 0.4) is 0 Å². The molecule has 0 spiro atoms. The molecule has 0 unspecified atom stereocenters. The molecule has 0 aromatic carbocycles. The Labute approximate surface area is 116 Å². The van der Waals surface area contributed by atoms with Gasteiger partial charge in [0.1, 0.15) is 0 Å². The predicted molar refractivity (Wildman–Crippen MR) is 13.0 cm³/mol. The summed E-state index contributed by atoms with van der Waals surface area (Å²) in [6.07, 6.45) is 0. The predicted octanol–water partition coefficient (Wildman–Crippen LogP) is -14.0. The first kappa shape index (κ1) is 124. The van der Waals surface area contributed by atoms with E-state index in [0.29, 0.717) is 0 Å². The van der Waals surface area contributed by atoms with E-state index < -0.39 is 0 Å². The van der Waals surface area contributed by atoms with Gasteiger partial charge in [-0.2, -0.15) is 0 Å². The summed E-state index contributed by atoms with van der Waals surface area (Å²) in [4.78, 5) is 0. The van der Waals surface area contributed by atoms with Gasteiger partial charge in [0.05, 0.1) is 0 Å². The zero-order valence-electron chi connectivity index (χ0n) is 3.93. The van der Waals surface area contributed by atoms with Crippen molar-refractivity contribution in [3.63, 3.8) is 0 Å². The number of rotatable bonds is 0. The first-order valence-electron chi connectivity index (χ1n) is 0. The molecule has 0 heterocycles. The van der Waals surface area contributed by atoms with Crippen molar-refractivity contribution >= 4 is 37.7 Å². The third kappa shape index (κ3) is 64.7. The molecule has 0 aromatic rings. The van der Waals surface area contributed by atoms with E-state index in [0.717, 1.165) is 0 Å². The van der Waals surface area contributed by atoms with E-state index >= 15 is 0 Å². The van der Waals surface area contributed by atoms with Crippen LogP contribution in [0.15, 0.2) is 0 Å². The maximum atomic E-state index is 0. The van der Waals surface area contributed by atoms with Crippen LogP contribution in [0.4, 0.5) is 0 Å². The van der Waals surface area contributed by atoms with E-state index in [1.165, 1.54) is 0 Å². The summed E-state index contributed by atoms with van der Waals surface area (Å²) in [6.45, 7) is 0. The second kappa shape index (κ2) is 91.2. The number of hydrogen-bond donors (Lipinski definition) is 0. The second-order valence-electron chi connectivity index (χ2n) is 0. The van der Waals surface area contributed by atoms with Gasteiger partial charge >= 0.3 is 57.2 Å². The van der Waals surface area contributed by atoms with Crippen molar-refractivity contribution in [1.82, 2.24) is 0 Å². The Morgan fingerprint density at radius 3 is 0.500 bits per heavy atom. The van der Waals surface area contributed by atoms with Gasteiger partial charge in [-0.1, -0.05) is 0 Å². The van der Waals surface area contributed by atoms with Gasteiger partial charge in [-0.15, -0.1) is 0 Å². The minimum Gasteiger partial charge on any atom is -1.00 e. The van der Waals surface area contributed by atoms with E-state index in [1.807, 2.05) is 0 Å². The summed E-state index contributed by atoms with van der Waals surface area (Å²) >= 11 is 0. The first-order valence-corrected chi connectivity index (χ1v) is 0. The molecule has 0 rings (SSSR count). The minimum absolute atomic E-state index is 0. The van der Waals surface area contributed by atoms with Crippen LogP contribution in [-0.4, -0.2) is 48.7 Å². The van der Waals surface area contributed by atoms with Crippen LogP contribution in [0.2, 0.25) is 0 Å². The van der Waals surface area contributed by atoms with Crippen molar-refractivity contribution < 1.29 is 80.1 Å². The van der Waals surface area contributed by atoms with E-state index in [2.05, 4.69) is 0 Å². The number of hydrogen-bond acceptors (Lipinski definition) is 0. The molecular weight excluding hydrogens is 279 g/mol. The molecule has 0 fully saturated rings. The summed E-state index contributed by atoms with van der Waals surface area (Å²) in [5, 5.41) is 0. The molecule has 4 N–H and O–H groups in total. The maximum absolute atomic E-state index is 0. The smallest absolute Gasteiger partial charge is 1.00 e. The summed E-state index contributed by atoms with van der Waals surface area (Å²) in [6, 6.07) is 0. The van der Waals surface area contributed by atoms with Crippen LogP contribution in [-0.2, 0) is 19.5 Å². The van der Waals surface area contributed by atoms with E-state index in [4.69, 9.17) is 0 Å². The standard InChI is InChI=1S/Ca.4ClH.2H2O.Zn/h;4*1H;2*1H2;/q+2;;;;;;;+2/p-4. The first-order chi connectivity index (χ1) is 0. The van der Waals surface area contributed by atoms with Crippen molar-refractivity contribution in [2.45, 2.75) is 0 Å². The minimum atomic E-state index is 0. The second-order valence-corrected chi connectivity index (χ2v) is 0. The Morgan fingerprint density at radius 1 is 0.500 bits per heavy atom.